The number of nitrogens with zero attached hydrogens (tertiary/aromatic N) is 5. The van der Waals surface area contributed by atoms with E-state index in [0.29, 0.717) is 22.3 Å². The van der Waals surface area contributed by atoms with Crippen LogP contribution in [-0.4, -0.2) is 38.7 Å². The zero-order chi connectivity index (χ0) is 16.4. The molecule has 122 valence electrons. The quantitative estimate of drug-likeness (QED) is 0.921. The van der Waals surface area contributed by atoms with Crippen LogP contribution in [0.15, 0.2) is 18.6 Å². The molecule has 2 N–H and O–H groups in total. The van der Waals surface area contributed by atoms with E-state index >= 15 is 0 Å². The number of pyridine rings is 1. The number of anilines is 1. The van der Waals surface area contributed by atoms with Crippen LogP contribution in [0.25, 0.3) is 0 Å². The lowest BCUT2D eigenvalue weighted by Crippen LogP contribution is -2.34. The lowest BCUT2D eigenvalue weighted by atomic mass is 9.96. The lowest BCUT2D eigenvalue weighted by Gasteiger charge is -2.32. The molecule has 7 nitrogen and oxygen atoms in total. The zero-order valence-electron chi connectivity index (χ0n) is 12.9. The first-order valence-corrected chi connectivity index (χ1v) is 8.06. The fourth-order valence-corrected chi connectivity index (χ4v) is 3.26. The summed E-state index contributed by atoms with van der Waals surface area (Å²) in [5, 5.41) is 8.72. The van der Waals surface area contributed by atoms with Crippen molar-refractivity contribution in [1.82, 2.24) is 19.7 Å². The molecule has 0 bridgehead atoms. The van der Waals surface area contributed by atoms with E-state index in [1.165, 1.54) is 6.20 Å². The van der Waals surface area contributed by atoms with Crippen LogP contribution in [0.3, 0.4) is 0 Å². The highest BCUT2D eigenvalue weighted by atomic mass is 35.5. The Morgan fingerprint density at radius 3 is 2.78 bits per heavy atom. The highest BCUT2D eigenvalue weighted by Gasteiger charge is 2.26. The predicted octanol–water partition coefficient (Wildman–Crippen LogP) is 1.83. The SMILES string of the molecule is CCn1cnnc1C1CCN(c2ncc(C(N)=O)cc2Cl)CC1. The number of aromatic nitrogens is 4. The first-order valence-electron chi connectivity index (χ1n) is 7.68. The number of rotatable bonds is 4. The minimum absolute atomic E-state index is 0.324. The van der Waals surface area contributed by atoms with E-state index in [0.717, 1.165) is 38.3 Å². The van der Waals surface area contributed by atoms with Gasteiger partial charge in [-0.15, -0.1) is 10.2 Å². The van der Waals surface area contributed by atoms with Gasteiger partial charge in [-0.3, -0.25) is 4.79 Å². The molecule has 3 heterocycles. The van der Waals surface area contributed by atoms with Crippen LogP contribution in [0, 0.1) is 0 Å². The first-order chi connectivity index (χ1) is 11.1. The Labute approximate surface area is 139 Å². The molecule has 1 fully saturated rings. The summed E-state index contributed by atoms with van der Waals surface area (Å²) in [7, 11) is 0. The smallest absolute Gasteiger partial charge is 0.250 e. The maximum Gasteiger partial charge on any atom is 0.250 e. The summed E-state index contributed by atoms with van der Waals surface area (Å²) >= 11 is 6.25. The van der Waals surface area contributed by atoms with E-state index < -0.39 is 5.91 Å². The van der Waals surface area contributed by atoms with Gasteiger partial charge in [0.15, 0.2) is 0 Å². The second kappa shape index (κ2) is 6.54. The van der Waals surface area contributed by atoms with Gasteiger partial charge in [-0.1, -0.05) is 11.6 Å². The standard InChI is InChI=1S/C15H19ClN6O/c1-2-21-9-19-20-14(21)10-3-5-22(6-4-10)15-12(16)7-11(8-18-15)13(17)23/h7-10H,2-6H2,1H3,(H2,17,23). The van der Waals surface area contributed by atoms with Gasteiger partial charge < -0.3 is 15.2 Å². The van der Waals surface area contributed by atoms with Crippen LogP contribution >= 0.6 is 11.6 Å². The largest absolute Gasteiger partial charge is 0.366 e. The molecule has 2 aromatic rings. The molecule has 0 aliphatic carbocycles. The van der Waals surface area contributed by atoms with E-state index in [1.54, 1.807) is 12.4 Å². The van der Waals surface area contributed by atoms with Crippen LogP contribution < -0.4 is 10.6 Å². The van der Waals surface area contributed by atoms with Crippen LogP contribution in [0.4, 0.5) is 5.82 Å². The summed E-state index contributed by atoms with van der Waals surface area (Å²) in [6.07, 6.45) is 5.19. The Hall–Kier alpha value is -2.15. The number of hydrogen-bond donors (Lipinski definition) is 1. The second-order valence-corrected chi connectivity index (χ2v) is 6.04. The van der Waals surface area contributed by atoms with Gasteiger partial charge in [-0.25, -0.2) is 4.98 Å². The molecule has 1 saturated heterocycles. The fraction of sp³-hybridized carbons (Fsp3) is 0.467. The molecule has 23 heavy (non-hydrogen) atoms. The summed E-state index contributed by atoms with van der Waals surface area (Å²) < 4.78 is 2.09. The number of piperidine rings is 1. The van der Waals surface area contributed by atoms with Crippen molar-refractivity contribution in [2.75, 3.05) is 18.0 Å². The second-order valence-electron chi connectivity index (χ2n) is 5.63. The number of amides is 1. The molecule has 0 aromatic carbocycles. The fourth-order valence-electron chi connectivity index (χ4n) is 2.97. The van der Waals surface area contributed by atoms with Gasteiger partial charge in [0, 0.05) is 31.7 Å². The van der Waals surface area contributed by atoms with Crippen LogP contribution in [0.5, 0.6) is 0 Å². The molecule has 8 heteroatoms. The summed E-state index contributed by atoms with van der Waals surface area (Å²) in [5.74, 6) is 1.63. The molecule has 1 aliphatic heterocycles. The van der Waals surface area contributed by atoms with Gasteiger partial charge in [0.25, 0.3) is 0 Å². The molecule has 0 spiro atoms. The Balaban J connectivity index is 1.71. The van der Waals surface area contributed by atoms with Crippen molar-refractivity contribution in [3.63, 3.8) is 0 Å². The topological polar surface area (TPSA) is 89.9 Å². The molecule has 0 saturated carbocycles. The average molecular weight is 335 g/mol. The summed E-state index contributed by atoms with van der Waals surface area (Å²) in [5.41, 5.74) is 5.57. The van der Waals surface area contributed by atoms with Gasteiger partial charge >= 0.3 is 0 Å². The minimum atomic E-state index is -0.524. The highest BCUT2D eigenvalue weighted by molar-refractivity contribution is 6.33. The summed E-state index contributed by atoms with van der Waals surface area (Å²) in [6.45, 7) is 4.64. The van der Waals surface area contributed by atoms with Gasteiger partial charge in [0.1, 0.15) is 18.0 Å². The van der Waals surface area contributed by atoms with E-state index in [9.17, 15) is 4.79 Å². The van der Waals surface area contributed by atoms with Crippen molar-refractivity contribution in [1.29, 1.82) is 0 Å². The van der Waals surface area contributed by atoms with Crippen LogP contribution in [-0.2, 0) is 6.54 Å². The van der Waals surface area contributed by atoms with Crippen molar-refractivity contribution < 1.29 is 4.79 Å². The van der Waals surface area contributed by atoms with Gasteiger partial charge in [0.05, 0.1) is 10.6 Å². The van der Waals surface area contributed by atoms with E-state index in [-0.39, 0.29) is 0 Å². The van der Waals surface area contributed by atoms with Crippen LogP contribution in [0.1, 0.15) is 41.9 Å². The molecule has 3 rings (SSSR count). The molecule has 0 unspecified atom stereocenters. The van der Waals surface area contributed by atoms with Crippen molar-refractivity contribution >= 4 is 23.3 Å². The van der Waals surface area contributed by atoms with E-state index in [2.05, 4.69) is 31.6 Å². The Morgan fingerprint density at radius 1 is 1.43 bits per heavy atom. The summed E-state index contributed by atoms with van der Waals surface area (Å²) in [6, 6.07) is 1.58. The number of nitrogens with two attached hydrogens (primary N) is 1. The Morgan fingerprint density at radius 2 is 2.17 bits per heavy atom. The van der Waals surface area contributed by atoms with Crippen molar-refractivity contribution in [2.45, 2.75) is 32.2 Å². The Bertz CT molecular complexity index is 708. The predicted molar refractivity (Wildman–Crippen MR) is 87.6 cm³/mol. The zero-order valence-corrected chi connectivity index (χ0v) is 13.7. The number of halogens is 1. The van der Waals surface area contributed by atoms with Gasteiger partial charge in [-0.2, -0.15) is 0 Å². The summed E-state index contributed by atoms with van der Waals surface area (Å²) in [4.78, 5) is 17.6. The molecule has 2 aromatic heterocycles. The normalized spacial score (nSPS) is 15.8. The third-order valence-corrected chi connectivity index (χ3v) is 4.53. The molecule has 1 amide bonds. The lowest BCUT2D eigenvalue weighted by molar-refractivity contribution is 0.1000. The first kappa shape index (κ1) is 15.7. The monoisotopic (exact) mass is 334 g/mol. The number of primary amides is 1. The van der Waals surface area contributed by atoms with Gasteiger partial charge in [0.2, 0.25) is 5.91 Å². The maximum atomic E-state index is 11.2. The minimum Gasteiger partial charge on any atom is -0.366 e. The number of carbonyl (C=O) groups is 1. The van der Waals surface area contributed by atoms with Gasteiger partial charge in [-0.05, 0) is 25.8 Å². The van der Waals surface area contributed by atoms with E-state index in [1.807, 2.05) is 0 Å². The molecule has 1 aliphatic rings. The van der Waals surface area contributed by atoms with Crippen molar-refractivity contribution in [3.8, 4) is 0 Å². The molecule has 0 atom stereocenters. The highest BCUT2D eigenvalue weighted by Crippen LogP contribution is 2.31. The molecular weight excluding hydrogens is 316 g/mol. The van der Waals surface area contributed by atoms with E-state index in [4.69, 9.17) is 17.3 Å². The number of hydrogen-bond acceptors (Lipinski definition) is 5. The average Bonchev–Trinajstić information content (AvgIpc) is 3.03. The maximum absolute atomic E-state index is 11.2. The van der Waals surface area contributed by atoms with Crippen molar-refractivity contribution in [2.24, 2.45) is 5.73 Å². The van der Waals surface area contributed by atoms with Crippen LogP contribution in [0.2, 0.25) is 5.02 Å². The number of carbonyl (C=O) groups excluding carboxylic acids is 1. The molecule has 0 radical (unpaired) electrons. The number of aryl methyl sites for hydroxylation is 1. The third-order valence-electron chi connectivity index (χ3n) is 4.25. The third kappa shape index (κ3) is 3.14. The van der Waals surface area contributed by atoms with Crippen molar-refractivity contribution in [3.05, 3.63) is 35.0 Å². The Kier molecular flexibility index (Phi) is 4.47. The molecular formula is C15H19ClN6O.